The Bertz CT molecular complexity index is 893. The maximum Gasteiger partial charge on any atom is 0.191 e. The van der Waals surface area contributed by atoms with Crippen molar-refractivity contribution in [1.82, 2.24) is 20.1 Å². The standard InChI is InChI=1S/C23H31N5/c1-24-23(26-17-19-9-11-20(12-10-19)18-27(2)3)25-14-6-15-28-16-13-21-7-4-5-8-22(21)28/h4-5,7-13,16H,6,14-15,17-18H2,1-3H3,(H2,24,25,26). The van der Waals surface area contributed by atoms with Crippen LogP contribution >= 0.6 is 0 Å². The van der Waals surface area contributed by atoms with Crippen LogP contribution in [-0.2, 0) is 19.6 Å². The molecular formula is C23H31N5. The Balaban J connectivity index is 1.41. The molecule has 0 unspecified atom stereocenters. The van der Waals surface area contributed by atoms with Crippen LogP contribution in [0.1, 0.15) is 17.5 Å². The fraction of sp³-hybridized carbons (Fsp3) is 0.348. The average molecular weight is 378 g/mol. The molecule has 0 aliphatic carbocycles. The zero-order valence-electron chi connectivity index (χ0n) is 17.2. The van der Waals surface area contributed by atoms with Crippen LogP contribution < -0.4 is 10.6 Å². The van der Waals surface area contributed by atoms with E-state index in [4.69, 9.17) is 0 Å². The number of nitrogens with zero attached hydrogens (tertiary/aromatic N) is 3. The molecule has 0 aliphatic heterocycles. The predicted octanol–water partition coefficient (Wildman–Crippen LogP) is 3.46. The van der Waals surface area contributed by atoms with Crippen LogP contribution in [0.4, 0.5) is 0 Å². The maximum absolute atomic E-state index is 4.33. The molecule has 3 aromatic rings. The summed E-state index contributed by atoms with van der Waals surface area (Å²) in [4.78, 5) is 6.50. The maximum atomic E-state index is 4.33. The molecule has 0 saturated heterocycles. The number of aliphatic imine (C=N–C) groups is 1. The van der Waals surface area contributed by atoms with E-state index in [0.717, 1.165) is 38.6 Å². The van der Waals surface area contributed by atoms with Gasteiger partial charge in [-0.15, -0.1) is 0 Å². The summed E-state index contributed by atoms with van der Waals surface area (Å²) in [6.07, 6.45) is 3.20. The van der Waals surface area contributed by atoms with Crippen molar-refractivity contribution in [2.75, 3.05) is 27.7 Å². The number of fused-ring (bicyclic) bond motifs is 1. The summed E-state index contributed by atoms with van der Waals surface area (Å²) >= 11 is 0. The fourth-order valence-corrected chi connectivity index (χ4v) is 3.33. The van der Waals surface area contributed by atoms with Crippen molar-refractivity contribution >= 4 is 16.9 Å². The number of para-hydroxylation sites is 1. The monoisotopic (exact) mass is 377 g/mol. The van der Waals surface area contributed by atoms with Gasteiger partial charge in [0.05, 0.1) is 0 Å². The Kier molecular flexibility index (Phi) is 7.09. The molecule has 0 aliphatic rings. The van der Waals surface area contributed by atoms with E-state index in [-0.39, 0.29) is 0 Å². The largest absolute Gasteiger partial charge is 0.356 e. The Morgan fingerprint density at radius 1 is 0.964 bits per heavy atom. The third-order valence-electron chi connectivity index (χ3n) is 4.75. The quantitative estimate of drug-likeness (QED) is 0.359. The summed E-state index contributed by atoms with van der Waals surface area (Å²) in [6.45, 7) is 3.61. The van der Waals surface area contributed by atoms with E-state index in [1.807, 2.05) is 7.05 Å². The molecule has 0 saturated carbocycles. The summed E-state index contributed by atoms with van der Waals surface area (Å²) in [6, 6.07) is 19.4. The molecule has 0 spiro atoms. The van der Waals surface area contributed by atoms with Crippen molar-refractivity contribution in [1.29, 1.82) is 0 Å². The van der Waals surface area contributed by atoms with E-state index in [2.05, 4.69) is 100.0 Å². The molecule has 5 heteroatoms. The normalized spacial score (nSPS) is 11.9. The van der Waals surface area contributed by atoms with Gasteiger partial charge in [0.1, 0.15) is 0 Å². The molecule has 2 aromatic carbocycles. The second-order valence-corrected chi connectivity index (χ2v) is 7.33. The van der Waals surface area contributed by atoms with Gasteiger partial charge in [-0.2, -0.15) is 0 Å². The molecule has 5 nitrogen and oxygen atoms in total. The minimum absolute atomic E-state index is 0.768. The van der Waals surface area contributed by atoms with E-state index in [1.54, 1.807) is 0 Å². The number of hydrogen-bond acceptors (Lipinski definition) is 2. The van der Waals surface area contributed by atoms with Crippen LogP contribution in [-0.4, -0.2) is 43.1 Å². The SMILES string of the molecule is CN=C(NCCCn1ccc2ccccc21)NCc1ccc(CN(C)C)cc1. The van der Waals surface area contributed by atoms with Gasteiger partial charge in [0.25, 0.3) is 0 Å². The Labute approximate surface area is 168 Å². The first-order valence-corrected chi connectivity index (χ1v) is 9.86. The van der Waals surface area contributed by atoms with Gasteiger partial charge >= 0.3 is 0 Å². The molecule has 0 bridgehead atoms. The van der Waals surface area contributed by atoms with Crippen LogP contribution in [0.3, 0.4) is 0 Å². The van der Waals surface area contributed by atoms with Crippen molar-refractivity contribution in [2.24, 2.45) is 4.99 Å². The van der Waals surface area contributed by atoms with Gasteiger partial charge in [-0.3, -0.25) is 4.99 Å². The van der Waals surface area contributed by atoms with Crippen LogP contribution in [0.5, 0.6) is 0 Å². The number of aryl methyl sites for hydroxylation is 1. The van der Waals surface area contributed by atoms with Crippen molar-refractivity contribution < 1.29 is 0 Å². The van der Waals surface area contributed by atoms with Crippen molar-refractivity contribution in [2.45, 2.75) is 26.1 Å². The average Bonchev–Trinajstić information content (AvgIpc) is 3.11. The summed E-state index contributed by atoms with van der Waals surface area (Å²) in [7, 11) is 5.99. The minimum Gasteiger partial charge on any atom is -0.356 e. The lowest BCUT2D eigenvalue weighted by molar-refractivity contribution is 0.402. The lowest BCUT2D eigenvalue weighted by Gasteiger charge is -2.13. The number of aromatic nitrogens is 1. The number of hydrogen-bond donors (Lipinski definition) is 2. The highest BCUT2D eigenvalue weighted by Gasteiger charge is 2.02. The van der Waals surface area contributed by atoms with Gasteiger partial charge < -0.3 is 20.1 Å². The van der Waals surface area contributed by atoms with Crippen molar-refractivity contribution in [3.63, 3.8) is 0 Å². The lowest BCUT2D eigenvalue weighted by atomic mass is 10.1. The first kappa shape index (κ1) is 20.0. The van der Waals surface area contributed by atoms with E-state index in [1.165, 1.54) is 22.0 Å². The van der Waals surface area contributed by atoms with E-state index >= 15 is 0 Å². The summed E-state index contributed by atoms with van der Waals surface area (Å²) in [5.41, 5.74) is 3.88. The lowest BCUT2D eigenvalue weighted by Crippen LogP contribution is -2.37. The molecule has 0 radical (unpaired) electrons. The third-order valence-corrected chi connectivity index (χ3v) is 4.75. The Morgan fingerprint density at radius 2 is 1.71 bits per heavy atom. The third kappa shape index (κ3) is 5.60. The first-order valence-electron chi connectivity index (χ1n) is 9.86. The van der Waals surface area contributed by atoms with Crippen LogP contribution in [0.2, 0.25) is 0 Å². The van der Waals surface area contributed by atoms with Crippen LogP contribution in [0.15, 0.2) is 65.8 Å². The van der Waals surface area contributed by atoms with Gasteiger partial charge in [-0.25, -0.2) is 0 Å². The zero-order chi connectivity index (χ0) is 19.8. The molecule has 28 heavy (non-hydrogen) atoms. The zero-order valence-corrected chi connectivity index (χ0v) is 17.2. The van der Waals surface area contributed by atoms with Gasteiger partial charge in [0.15, 0.2) is 5.96 Å². The smallest absolute Gasteiger partial charge is 0.191 e. The predicted molar refractivity (Wildman–Crippen MR) is 119 cm³/mol. The summed E-state index contributed by atoms with van der Waals surface area (Å²) in [5, 5.41) is 8.09. The van der Waals surface area contributed by atoms with Crippen LogP contribution in [0.25, 0.3) is 10.9 Å². The number of rotatable bonds is 8. The Morgan fingerprint density at radius 3 is 2.46 bits per heavy atom. The van der Waals surface area contributed by atoms with Gasteiger partial charge in [0.2, 0.25) is 0 Å². The molecular weight excluding hydrogens is 346 g/mol. The molecule has 3 rings (SSSR count). The minimum atomic E-state index is 0.768. The number of benzene rings is 2. The summed E-state index contributed by atoms with van der Waals surface area (Å²) < 4.78 is 2.31. The van der Waals surface area contributed by atoms with Gasteiger partial charge in [-0.05, 0) is 49.2 Å². The molecule has 1 aromatic heterocycles. The Hall–Kier alpha value is -2.79. The van der Waals surface area contributed by atoms with Gasteiger partial charge in [-0.1, -0.05) is 42.5 Å². The van der Waals surface area contributed by atoms with E-state index in [0.29, 0.717) is 0 Å². The van der Waals surface area contributed by atoms with E-state index in [9.17, 15) is 0 Å². The molecule has 2 N–H and O–H groups in total. The van der Waals surface area contributed by atoms with E-state index < -0.39 is 0 Å². The topological polar surface area (TPSA) is 44.6 Å². The molecule has 0 amide bonds. The van der Waals surface area contributed by atoms with Crippen molar-refractivity contribution in [3.8, 4) is 0 Å². The first-order chi connectivity index (χ1) is 13.7. The fourth-order valence-electron chi connectivity index (χ4n) is 3.33. The molecule has 0 fully saturated rings. The second-order valence-electron chi connectivity index (χ2n) is 7.33. The highest BCUT2D eigenvalue weighted by atomic mass is 15.2. The number of guanidine groups is 1. The van der Waals surface area contributed by atoms with Crippen LogP contribution in [0, 0.1) is 0 Å². The van der Waals surface area contributed by atoms with Gasteiger partial charge in [0, 0.05) is 44.9 Å². The van der Waals surface area contributed by atoms with Crippen molar-refractivity contribution in [3.05, 3.63) is 71.9 Å². The molecule has 148 valence electrons. The molecule has 1 heterocycles. The number of nitrogens with one attached hydrogen (secondary N) is 2. The molecule has 0 atom stereocenters. The highest BCUT2D eigenvalue weighted by molar-refractivity contribution is 5.80. The summed E-state index contributed by atoms with van der Waals surface area (Å²) in [5.74, 6) is 0.842. The second kappa shape index (κ2) is 9.95. The highest BCUT2D eigenvalue weighted by Crippen LogP contribution is 2.15.